The Labute approximate surface area is 332 Å². The molecule has 10 rings (SSSR count). The standard InChI is InChI=1S/C52H37N5/c1-5-13-41(14-6-1)55(42-15-7-2-8-16-42)45-25-27-50-48(35-45)49-36-46(56(43-17-9-3-10-18-43)44-19-11-4-12-20-44)26-28-51(49)57(50)52-37-54-34-31-47(52)40-23-21-38(22-24-40)39-29-32-53-33-30-39/h1-37H. The molecule has 3 heterocycles. The molecule has 0 unspecified atom stereocenters. The molecule has 7 aromatic carbocycles. The molecule has 270 valence electrons. The van der Waals surface area contributed by atoms with Gasteiger partial charge < -0.3 is 14.4 Å². The maximum Gasteiger partial charge on any atom is 0.0723 e. The normalized spacial score (nSPS) is 11.2. The number of para-hydroxylation sites is 4. The van der Waals surface area contributed by atoms with Crippen molar-refractivity contribution in [2.75, 3.05) is 9.80 Å². The van der Waals surface area contributed by atoms with Crippen LogP contribution in [0.25, 0.3) is 49.7 Å². The molecule has 57 heavy (non-hydrogen) atoms. The number of pyridine rings is 2. The lowest BCUT2D eigenvalue weighted by Crippen LogP contribution is -2.09. The molecule has 0 saturated carbocycles. The third-order valence-electron chi connectivity index (χ3n) is 10.6. The van der Waals surface area contributed by atoms with Gasteiger partial charge in [0, 0.05) is 69.1 Å². The summed E-state index contributed by atoms with van der Waals surface area (Å²) >= 11 is 0. The molecule has 5 nitrogen and oxygen atoms in total. The third kappa shape index (κ3) is 6.37. The van der Waals surface area contributed by atoms with E-state index >= 15 is 0 Å². The molecular weight excluding hydrogens is 695 g/mol. The van der Waals surface area contributed by atoms with Crippen LogP contribution in [-0.2, 0) is 0 Å². The van der Waals surface area contributed by atoms with E-state index in [1.807, 2.05) is 36.9 Å². The Morgan fingerprint density at radius 2 is 0.737 bits per heavy atom. The van der Waals surface area contributed by atoms with Gasteiger partial charge in [0.25, 0.3) is 0 Å². The van der Waals surface area contributed by atoms with Gasteiger partial charge in [0.05, 0.1) is 22.9 Å². The van der Waals surface area contributed by atoms with Gasteiger partial charge in [-0.05, 0) is 120 Å². The summed E-state index contributed by atoms with van der Waals surface area (Å²) in [6.07, 6.45) is 7.55. The van der Waals surface area contributed by atoms with Crippen LogP contribution in [-0.4, -0.2) is 14.5 Å². The van der Waals surface area contributed by atoms with E-state index in [2.05, 4.69) is 207 Å². The number of benzene rings is 7. The van der Waals surface area contributed by atoms with Gasteiger partial charge in [-0.1, -0.05) is 97.1 Å². The van der Waals surface area contributed by atoms with Crippen molar-refractivity contribution in [3.8, 4) is 27.9 Å². The summed E-state index contributed by atoms with van der Waals surface area (Å²) in [5, 5.41) is 2.29. The highest BCUT2D eigenvalue weighted by molar-refractivity contribution is 6.12. The predicted octanol–water partition coefficient (Wildman–Crippen LogP) is 13.8. The number of nitrogens with zero attached hydrogens (tertiary/aromatic N) is 5. The van der Waals surface area contributed by atoms with Crippen LogP contribution >= 0.6 is 0 Å². The van der Waals surface area contributed by atoms with Crippen LogP contribution < -0.4 is 9.80 Å². The van der Waals surface area contributed by atoms with Crippen LogP contribution in [0, 0.1) is 0 Å². The zero-order valence-corrected chi connectivity index (χ0v) is 31.1. The van der Waals surface area contributed by atoms with Gasteiger partial charge in [-0.15, -0.1) is 0 Å². The zero-order valence-electron chi connectivity index (χ0n) is 31.1. The van der Waals surface area contributed by atoms with E-state index < -0.39 is 0 Å². The van der Waals surface area contributed by atoms with E-state index in [9.17, 15) is 0 Å². The molecule has 0 spiro atoms. The van der Waals surface area contributed by atoms with Gasteiger partial charge in [-0.2, -0.15) is 0 Å². The molecule has 0 amide bonds. The fraction of sp³-hybridized carbons (Fsp3) is 0. The second-order valence-corrected chi connectivity index (χ2v) is 14.0. The Balaban J connectivity index is 1.21. The second-order valence-electron chi connectivity index (χ2n) is 14.0. The summed E-state index contributed by atoms with van der Waals surface area (Å²) in [7, 11) is 0. The number of hydrogen-bond acceptors (Lipinski definition) is 4. The molecule has 0 bridgehead atoms. The van der Waals surface area contributed by atoms with Gasteiger partial charge in [0.2, 0.25) is 0 Å². The maximum atomic E-state index is 4.71. The van der Waals surface area contributed by atoms with Crippen molar-refractivity contribution in [3.05, 3.63) is 225 Å². The highest BCUT2D eigenvalue weighted by atomic mass is 15.1. The van der Waals surface area contributed by atoms with Crippen LogP contribution in [0.2, 0.25) is 0 Å². The smallest absolute Gasteiger partial charge is 0.0723 e. The number of hydrogen-bond donors (Lipinski definition) is 0. The van der Waals surface area contributed by atoms with Crippen LogP contribution in [0.3, 0.4) is 0 Å². The van der Waals surface area contributed by atoms with Gasteiger partial charge >= 0.3 is 0 Å². The highest BCUT2D eigenvalue weighted by Crippen LogP contribution is 2.43. The Hall–Kier alpha value is -7.76. The lowest BCUT2D eigenvalue weighted by atomic mass is 10.0. The van der Waals surface area contributed by atoms with E-state index in [1.54, 1.807) is 0 Å². The van der Waals surface area contributed by atoms with E-state index in [4.69, 9.17) is 4.98 Å². The summed E-state index contributed by atoms with van der Waals surface area (Å²) in [6, 6.07) is 71.0. The lowest BCUT2D eigenvalue weighted by Gasteiger charge is -2.26. The van der Waals surface area contributed by atoms with E-state index in [-0.39, 0.29) is 0 Å². The molecule has 0 fully saturated rings. The summed E-state index contributed by atoms with van der Waals surface area (Å²) in [6.45, 7) is 0. The predicted molar refractivity (Wildman–Crippen MR) is 237 cm³/mol. The van der Waals surface area contributed by atoms with Crippen LogP contribution in [0.5, 0.6) is 0 Å². The van der Waals surface area contributed by atoms with Gasteiger partial charge in [0.15, 0.2) is 0 Å². The molecule has 0 N–H and O–H groups in total. The average molecular weight is 732 g/mol. The largest absolute Gasteiger partial charge is 0.310 e. The Morgan fingerprint density at radius 3 is 1.19 bits per heavy atom. The van der Waals surface area contributed by atoms with Crippen molar-refractivity contribution in [1.29, 1.82) is 0 Å². The molecule has 0 radical (unpaired) electrons. The van der Waals surface area contributed by atoms with E-state index in [1.165, 1.54) is 0 Å². The molecule has 0 atom stereocenters. The molecule has 0 aliphatic rings. The van der Waals surface area contributed by atoms with Crippen LogP contribution in [0.1, 0.15) is 0 Å². The quantitative estimate of drug-likeness (QED) is 0.148. The molecule has 5 heteroatoms. The Morgan fingerprint density at radius 1 is 0.333 bits per heavy atom. The van der Waals surface area contributed by atoms with Crippen molar-refractivity contribution in [2.45, 2.75) is 0 Å². The van der Waals surface area contributed by atoms with Crippen molar-refractivity contribution < 1.29 is 0 Å². The van der Waals surface area contributed by atoms with Crippen molar-refractivity contribution in [3.63, 3.8) is 0 Å². The summed E-state index contributed by atoms with van der Waals surface area (Å²) in [5.41, 5.74) is 14.2. The molecule has 0 aliphatic carbocycles. The average Bonchev–Trinajstić information content (AvgIpc) is 3.61. The first kappa shape index (κ1) is 33.8. The molecule has 0 aliphatic heterocycles. The van der Waals surface area contributed by atoms with Crippen molar-refractivity contribution in [1.82, 2.24) is 14.5 Å². The first-order chi connectivity index (χ1) is 28.3. The molecular formula is C52H37N5. The fourth-order valence-electron chi connectivity index (χ4n) is 7.93. The lowest BCUT2D eigenvalue weighted by molar-refractivity contribution is 1.14. The molecule has 3 aromatic heterocycles. The fourth-order valence-corrected chi connectivity index (χ4v) is 7.93. The van der Waals surface area contributed by atoms with Crippen LogP contribution in [0.4, 0.5) is 34.1 Å². The number of aromatic nitrogens is 3. The molecule has 0 saturated heterocycles. The van der Waals surface area contributed by atoms with Crippen molar-refractivity contribution >= 4 is 55.9 Å². The minimum atomic E-state index is 1.01. The van der Waals surface area contributed by atoms with E-state index in [0.29, 0.717) is 0 Å². The summed E-state index contributed by atoms with van der Waals surface area (Å²) in [4.78, 5) is 13.6. The summed E-state index contributed by atoms with van der Waals surface area (Å²) < 4.78 is 2.38. The van der Waals surface area contributed by atoms with Crippen LogP contribution in [0.15, 0.2) is 225 Å². The highest BCUT2D eigenvalue weighted by Gasteiger charge is 2.21. The zero-order chi connectivity index (χ0) is 38.0. The third-order valence-corrected chi connectivity index (χ3v) is 10.6. The Bertz CT molecular complexity index is 2710. The SMILES string of the molecule is c1ccc(N(c2ccccc2)c2ccc3c(c2)c2cc(N(c4ccccc4)c4ccccc4)ccc2n3-c2cnccc2-c2ccc(-c3ccncc3)cc2)cc1. The Kier molecular flexibility index (Phi) is 8.78. The maximum absolute atomic E-state index is 4.71. The van der Waals surface area contributed by atoms with Gasteiger partial charge in [0.1, 0.15) is 0 Å². The summed E-state index contributed by atoms with van der Waals surface area (Å²) in [5.74, 6) is 0. The molecule has 10 aromatic rings. The number of rotatable bonds is 9. The first-order valence-corrected chi connectivity index (χ1v) is 19.1. The van der Waals surface area contributed by atoms with Crippen molar-refractivity contribution in [2.24, 2.45) is 0 Å². The van der Waals surface area contributed by atoms with Gasteiger partial charge in [-0.25, -0.2) is 0 Å². The number of fused-ring (bicyclic) bond motifs is 3. The van der Waals surface area contributed by atoms with Gasteiger partial charge in [-0.3, -0.25) is 9.97 Å². The topological polar surface area (TPSA) is 37.2 Å². The minimum absolute atomic E-state index is 1.01. The second kappa shape index (κ2) is 14.8. The number of anilines is 6. The monoisotopic (exact) mass is 731 g/mol. The first-order valence-electron chi connectivity index (χ1n) is 19.1. The van der Waals surface area contributed by atoms with E-state index in [0.717, 1.165) is 83.9 Å². The minimum Gasteiger partial charge on any atom is -0.310 e.